The van der Waals surface area contributed by atoms with Crippen molar-refractivity contribution in [2.45, 2.75) is 6.92 Å². The number of pyridine rings is 1. The number of hydrogen-bond acceptors (Lipinski definition) is 2. The number of benzene rings is 3. The van der Waals surface area contributed by atoms with Crippen molar-refractivity contribution in [3.8, 4) is 11.1 Å². The van der Waals surface area contributed by atoms with Crippen LogP contribution in [-0.4, -0.2) is 10.8 Å². The number of hydrogen-bond donors (Lipinski definition) is 0. The minimum atomic E-state index is 0.00960. The predicted molar refractivity (Wildman–Crippen MR) is 102 cm³/mol. The fraction of sp³-hybridized carbons (Fsp3) is 0.0435. The minimum absolute atomic E-state index is 0.00960. The molecule has 0 bridgehead atoms. The Hall–Kier alpha value is -3.26. The van der Waals surface area contributed by atoms with E-state index >= 15 is 0 Å². The van der Waals surface area contributed by atoms with Gasteiger partial charge in [0.1, 0.15) is 0 Å². The first-order chi connectivity index (χ1) is 12.2. The third-order valence-electron chi connectivity index (χ3n) is 4.54. The van der Waals surface area contributed by atoms with Crippen LogP contribution in [0.25, 0.3) is 22.0 Å². The zero-order chi connectivity index (χ0) is 17.2. The Balaban J connectivity index is 1.71. The summed E-state index contributed by atoms with van der Waals surface area (Å²) in [6, 6.07) is 25.8. The van der Waals surface area contributed by atoms with Crippen molar-refractivity contribution in [1.82, 2.24) is 4.98 Å². The Bertz CT molecular complexity index is 1050. The van der Waals surface area contributed by atoms with Gasteiger partial charge in [-0.15, -0.1) is 0 Å². The van der Waals surface area contributed by atoms with Crippen LogP contribution >= 0.6 is 0 Å². The maximum atomic E-state index is 12.9. The van der Waals surface area contributed by atoms with Crippen LogP contribution in [0.4, 0.5) is 0 Å². The quantitative estimate of drug-likeness (QED) is 0.470. The summed E-state index contributed by atoms with van der Waals surface area (Å²) in [5.74, 6) is 0.00960. The average Bonchev–Trinajstić information content (AvgIpc) is 2.69. The fourth-order valence-corrected chi connectivity index (χ4v) is 3.11. The molecule has 2 heteroatoms. The molecule has 0 fully saturated rings. The molecule has 0 aliphatic rings. The van der Waals surface area contributed by atoms with Gasteiger partial charge >= 0.3 is 0 Å². The van der Waals surface area contributed by atoms with E-state index in [0.29, 0.717) is 11.1 Å². The maximum absolute atomic E-state index is 12.9. The molecule has 0 aliphatic carbocycles. The van der Waals surface area contributed by atoms with Crippen LogP contribution in [-0.2, 0) is 0 Å². The molecule has 0 atom stereocenters. The lowest BCUT2D eigenvalue weighted by molar-refractivity contribution is 0.103. The highest BCUT2D eigenvalue weighted by molar-refractivity contribution is 6.11. The Kier molecular flexibility index (Phi) is 3.87. The number of fused-ring (bicyclic) bond motifs is 1. The number of aryl methyl sites for hydroxylation is 1. The molecule has 25 heavy (non-hydrogen) atoms. The highest BCUT2D eigenvalue weighted by Gasteiger charge is 2.14. The zero-order valence-electron chi connectivity index (χ0n) is 13.9. The van der Waals surface area contributed by atoms with Crippen molar-refractivity contribution in [1.29, 1.82) is 0 Å². The third-order valence-corrected chi connectivity index (χ3v) is 4.54. The van der Waals surface area contributed by atoms with Crippen molar-refractivity contribution >= 4 is 16.7 Å². The van der Waals surface area contributed by atoms with Crippen LogP contribution in [0.1, 0.15) is 21.5 Å². The highest BCUT2D eigenvalue weighted by atomic mass is 16.1. The van der Waals surface area contributed by atoms with E-state index in [4.69, 9.17) is 0 Å². The van der Waals surface area contributed by atoms with Crippen molar-refractivity contribution < 1.29 is 4.79 Å². The molecule has 0 unspecified atom stereocenters. The summed E-state index contributed by atoms with van der Waals surface area (Å²) < 4.78 is 0. The summed E-state index contributed by atoms with van der Waals surface area (Å²) in [6.45, 7) is 1.98. The number of rotatable bonds is 3. The smallest absolute Gasteiger partial charge is 0.194 e. The normalized spacial score (nSPS) is 10.8. The van der Waals surface area contributed by atoms with E-state index in [1.54, 1.807) is 6.20 Å². The molecule has 120 valence electrons. The Labute approximate surface area is 146 Å². The second-order valence-corrected chi connectivity index (χ2v) is 6.09. The largest absolute Gasteiger partial charge is 0.289 e. The molecule has 0 amide bonds. The van der Waals surface area contributed by atoms with E-state index in [-0.39, 0.29) is 5.78 Å². The van der Waals surface area contributed by atoms with E-state index in [2.05, 4.69) is 17.1 Å². The first-order valence-electron chi connectivity index (χ1n) is 8.28. The third kappa shape index (κ3) is 2.83. The molecular weight excluding hydrogens is 306 g/mol. The zero-order valence-corrected chi connectivity index (χ0v) is 13.9. The molecule has 4 rings (SSSR count). The number of carbonyl (C=O) groups is 1. The van der Waals surface area contributed by atoms with Gasteiger partial charge in [0, 0.05) is 22.7 Å². The fourth-order valence-electron chi connectivity index (χ4n) is 3.11. The summed E-state index contributed by atoms with van der Waals surface area (Å²) in [5.41, 5.74) is 5.47. The molecule has 4 aromatic rings. The molecule has 0 saturated carbocycles. The molecular formula is C23H17NO. The van der Waals surface area contributed by atoms with Crippen LogP contribution in [0, 0.1) is 6.92 Å². The Morgan fingerprint density at radius 3 is 2.16 bits per heavy atom. The van der Waals surface area contributed by atoms with Crippen molar-refractivity contribution in [3.63, 3.8) is 0 Å². The van der Waals surface area contributed by atoms with Gasteiger partial charge in [-0.05, 0) is 29.7 Å². The second kappa shape index (κ2) is 6.33. The van der Waals surface area contributed by atoms with Gasteiger partial charge in [-0.1, -0.05) is 72.8 Å². The van der Waals surface area contributed by atoms with Crippen LogP contribution in [0.2, 0.25) is 0 Å². The van der Waals surface area contributed by atoms with Gasteiger partial charge in [0.2, 0.25) is 0 Å². The number of nitrogens with zero attached hydrogens (tertiary/aromatic N) is 1. The van der Waals surface area contributed by atoms with E-state index in [1.807, 2.05) is 73.7 Å². The summed E-state index contributed by atoms with van der Waals surface area (Å²) in [4.78, 5) is 17.4. The molecule has 0 radical (unpaired) electrons. The standard InChI is InChI=1S/C23H17NO/c1-16-20-9-5-6-10-22(20)24-15-21(16)23(25)19-13-11-18(12-14-19)17-7-3-2-4-8-17/h2-15H,1H3. The van der Waals surface area contributed by atoms with Crippen molar-refractivity contribution in [2.24, 2.45) is 0 Å². The highest BCUT2D eigenvalue weighted by Crippen LogP contribution is 2.24. The first-order valence-corrected chi connectivity index (χ1v) is 8.28. The van der Waals surface area contributed by atoms with E-state index < -0.39 is 0 Å². The molecule has 3 aromatic carbocycles. The van der Waals surface area contributed by atoms with E-state index in [0.717, 1.165) is 27.6 Å². The molecule has 0 aliphatic heterocycles. The van der Waals surface area contributed by atoms with Gasteiger partial charge < -0.3 is 0 Å². The predicted octanol–water partition coefficient (Wildman–Crippen LogP) is 5.44. The van der Waals surface area contributed by atoms with Crippen LogP contribution in [0.3, 0.4) is 0 Å². The minimum Gasteiger partial charge on any atom is -0.289 e. The van der Waals surface area contributed by atoms with E-state index in [9.17, 15) is 4.79 Å². The summed E-state index contributed by atoms with van der Waals surface area (Å²) >= 11 is 0. The molecule has 1 heterocycles. The monoisotopic (exact) mass is 323 g/mol. The molecule has 0 spiro atoms. The average molecular weight is 323 g/mol. The SMILES string of the molecule is Cc1c(C(=O)c2ccc(-c3ccccc3)cc2)cnc2ccccc12. The summed E-state index contributed by atoms with van der Waals surface area (Å²) in [5, 5.41) is 1.02. The Morgan fingerprint density at radius 1 is 0.760 bits per heavy atom. The maximum Gasteiger partial charge on any atom is 0.194 e. The van der Waals surface area contributed by atoms with Gasteiger partial charge in [0.05, 0.1) is 5.52 Å². The topological polar surface area (TPSA) is 30.0 Å². The van der Waals surface area contributed by atoms with Crippen molar-refractivity contribution in [3.05, 3.63) is 102 Å². The summed E-state index contributed by atoms with van der Waals surface area (Å²) in [7, 11) is 0. The Morgan fingerprint density at radius 2 is 1.40 bits per heavy atom. The van der Waals surface area contributed by atoms with Crippen LogP contribution < -0.4 is 0 Å². The number of carbonyl (C=O) groups excluding carboxylic acids is 1. The summed E-state index contributed by atoms with van der Waals surface area (Å²) in [6.07, 6.45) is 1.69. The number of aromatic nitrogens is 1. The van der Waals surface area contributed by atoms with Crippen LogP contribution in [0.15, 0.2) is 85.1 Å². The van der Waals surface area contributed by atoms with Gasteiger partial charge in [-0.3, -0.25) is 9.78 Å². The molecule has 2 nitrogen and oxygen atoms in total. The second-order valence-electron chi connectivity index (χ2n) is 6.09. The lowest BCUT2D eigenvalue weighted by Crippen LogP contribution is -2.05. The van der Waals surface area contributed by atoms with Crippen molar-refractivity contribution in [2.75, 3.05) is 0 Å². The molecule has 1 aromatic heterocycles. The number of ketones is 1. The molecule has 0 N–H and O–H groups in total. The van der Waals surface area contributed by atoms with E-state index in [1.165, 1.54) is 0 Å². The first kappa shape index (κ1) is 15.3. The number of para-hydroxylation sites is 1. The molecule has 0 saturated heterocycles. The van der Waals surface area contributed by atoms with Gasteiger partial charge in [0.25, 0.3) is 0 Å². The lowest BCUT2D eigenvalue weighted by atomic mass is 9.96. The van der Waals surface area contributed by atoms with Gasteiger partial charge in [-0.25, -0.2) is 0 Å². The van der Waals surface area contributed by atoms with Gasteiger partial charge in [0.15, 0.2) is 5.78 Å². The van der Waals surface area contributed by atoms with Crippen LogP contribution in [0.5, 0.6) is 0 Å². The lowest BCUT2D eigenvalue weighted by Gasteiger charge is -2.09. The van der Waals surface area contributed by atoms with Gasteiger partial charge in [-0.2, -0.15) is 0 Å².